The molecule has 0 atom stereocenters. The molecular formula is C15H12BrClN2. The van der Waals surface area contributed by atoms with Crippen molar-refractivity contribution >= 4 is 38.6 Å². The molecule has 1 N–H and O–H groups in total. The molecule has 0 amide bonds. The number of aromatic amines is 1. The Balaban J connectivity index is 2.03. The second kappa shape index (κ2) is 4.99. The van der Waals surface area contributed by atoms with E-state index in [4.69, 9.17) is 11.6 Å². The van der Waals surface area contributed by atoms with Crippen LogP contribution in [0.1, 0.15) is 17.0 Å². The van der Waals surface area contributed by atoms with Gasteiger partial charge in [-0.15, -0.1) is 0 Å². The van der Waals surface area contributed by atoms with Crippen LogP contribution < -0.4 is 0 Å². The third-order valence-electron chi connectivity index (χ3n) is 3.11. The largest absolute Gasteiger partial charge is 0.342 e. The summed E-state index contributed by atoms with van der Waals surface area (Å²) in [5.74, 6) is 0.935. The summed E-state index contributed by atoms with van der Waals surface area (Å²) in [5, 5.41) is 0.779. The summed E-state index contributed by atoms with van der Waals surface area (Å²) < 4.78 is 1.06. The summed E-state index contributed by atoms with van der Waals surface area (Å²) in [4.78, 5) is 8.01. The standard InChI is InChI=1S/C15H12BrClN2/c1-9-6-11(16)8-13-15(9)19-14(18-13)7-10-4-2-3-5-12(10)17/h2-6,8H,7H2,1H3,(H,18,19). The van der Waals surface area contributed by atoms with E-state index in [-0.39, 0.29) is 0 Å². The van der Waals surface area contributed by atoms with Gasteiger partial charge in [-0.25, -0.2) is 4.98 Å². The molecule has 3 aromatic rings. The highest BCUT2D eigenvalue weighted by molar-refractivity contribution is 9.10. The van der Waals surface area contributed by atoms with Gasteiger partial charge in [0, 0.05) is 15.9 Å². The molecule has 0 saturated heterocycles. The molecule has 0 unspecified atom stereocenters. The van der Waals surface area contributed by atoms with Gasteiger partial charge in [0.15, 0.2) is 0 Å². The fourth-order valence-corrected chi connectivity index (χ4v) is 2.98. The third-order valence-corrected chi connectivity index (χ3v) is 3.93. The molecule has 2 aromatic carbocycles. The van der Waals surface area contributed by atoms with E-state index in [1.165, 1.54) is 0 Å². The highest BCUT2D eigenvalue weighted by Gasteiger charge is 2.08. The van der Waals surface area contributed by atoms with Crippen LogP contribution in [0.15, 0.2) is 40.9 Å². The number of hydrogen-bond donors (Lipinski definition) is 1. The molecule has 0 saturated carbocycles. The normalized spacial score (nSPS) is 11.1. The minimum atomic E-state index is 0.714. The number of aryl methyl sites for hydroxylation is 1. The first-order valence-corrected chi connectivity index (χ1v) is 7.19. The fraction of sp³-hybridized carbons (Fsp3) is 0.133. The Morgan fingerprint density at radius 2 is 2.05 bits per heavy atom. The van der Waals surface area contributed by atoms with Gasteiger partial charge in [-0.1, -0.05) is 45.7 Å². The van der Waals surface area contributed by atoms with Gasteiger partial charge >= 0.3 is 0 Å². The highest BCUT2D eigenvalue weighted by Crippen LogP contribution is 2.24. The molecule has 19 heavy (non-hydrogen) atoms. The quantitative estimate of drug-likeness (QED) is 0.710. The summed E-state index contributed by atoms with van der Waals surface area (Å²) in [5.41, 5.74) is 4.31. The van der Waals surface area contributed by atoms with Crippen LogP contribution in [0.5, 0.6) is 0 Å². The SMILES string of the molecule is Cc1cc(Br)cc2[nH]c(Cc3ccccc3Cl)nc12. The van der Waals surface area contributed by atoms with Gasteiger partial charge in [-0.3, -0.25) is 0 Å². The maximum atomic E-state index is 6.18. The number of aromatic nitrogens is 2. The number of imidazole rings is 1. The van der Waals surface area contributed by atoms with Crippen molar-refractivity contribution in [1.29, 1.82) is 0 Å². The van der Waals surface area contributed by atoms with Crippen LogP contribution in [0, 0.1) is 6.92 Å². The van der Waals surface area contributed by atoms with E-state index in [0.717, 1.165) is 37.5 Å². The van der Waals surface area contributed by atoms with Gasteiger partial charge in [0.2, 0.25) is 0 Å². The number of H-pyrrole nitrogens is 1. The third kappa shape index (κ3) is 2.53. The zero-order chi connectivity index (χ0) is 13.4. The summed E-state index contributed by atoms with van der Waals surface area (Å²) in [6, 6.07) is 12.0. The molecule has 1 heterocycles. The molecular weight excluding hydrogens is 324 g/mol. The lowest BCUT2D eigenvalue weighted by atomic mass is 10.1. The second-order valence-electron chi connectivity index (χ2n) is 4.57. The monoisotopic (exact) mass is 334 g/mol. The van der Waals surface area contributed by atoms with Crippen molar-refractivity contribution in [3.8, 4) is 0 Å². The van der Waals surface area contributed by atoms with E-state index >= 15 is 0 Å². The summed E-state index contributed by atoms with van der Waals surface area (Å²) >= 11 is 9.68. The molecule has 3 rings (SSSR count). The predicted octanol–water partition coefficient (Wildman–Crippen LogP) is 4.88. The molecule has 1 aromatic heterocycles. The van der Waals surface area contributed by atoms with Gasteiger partial charge in [0.25, 0.3) is 0 Å². The average molecular weight is 336 g/mol. The van der Waals surface area contributed by atoms with Crippen molar-refractivity contribution in [2.45, 2.75) is 13.3 Å². The Morgan fingerprint density at radius 1 is 1.26 bits per heavy atom. The smallest absolute Gasteiger partial charge is 0.111 e. The minimum Gasteiger partial charge on any atom is -0.342 e. The van der Waals surface area contributed by atoms with Crippen molar-refractivity contribution in [3.63, 3.8) is 0 Å². The van der Waals surface area contributed by atoms with Crippen LogP contribution in [-0.2, 0) is 6.42 Å². The first-order chi connectivity index (χ1) is 9.13. The fourth-order valence-electron chi connectivity index (χ4n) is 2.20. The maximum absolute atomic E-state index is 6.18. The number of halogens is 2. The molecule has 0 spiro atoms. The van der Waals surface area contributed by atoms with E-state index in [1.807, 2.05) is 30.3 Å². The lowest BCUT2D eigenvalue weighted by Crippen LogP contribution is -1.91. The number of fused-ring (bicyclic) bond motifs is 1. The summed E-state index contributed by atoms with van der Waals surface area (Å²) in [6.45, 7) is 2.06. The highest BCUT2D eigenvalue weighted by atomic mass is 79.9. The Bertz CT molecular complexity index is 749. The van der Waals surface area contributed by atoms with Crippen molar-refractivity contribution in [1.82, 2.24) is 9.97 Å². The van der Waals surface area contributed by atoms with Gasteiger partial charge in [0.1, 0.15) is 5.82 Å². The van der Waals surface area contributed by atoms with Gasteiger partial charge < -0.3 is 4.98 Å². The van der Waals surface area contributed by atoms with Crippen molar-refractivity contribution in [3.05, 3.63) is 62.8 Å². The molecule has 0 aliphatic carbocycles. The minimum absolute atomic E-state index is 0.714. The van der Waals surface area contributed by atoms with E-state index in [0.29, 0.717) is 6.42 Å². The zero-order valence-electron chi connectivity index (χ0n) is 10.4. The van der Waals surface area contributed by atoms with Crippen LogP contribution in [0.2, 0.25) is 5.02 Å². The van der Waals surface area contributed by atoms with Crippen LogP contribution in [0.4, 0.5) is 0 Å². The lowest BCUT2D eigenvalue weighted by Gasteiger charge is -2.00. The number of nitrogens with zero attached hydrogens (tertiary/aromatic N) is 1. The van der Waals surface area contributed by atoms with Crippen molar-refractivity contribution in [2.75, 3.05) is 0 Å². The van der Waals surface area contributed by atoms with Crippen LogP contribution in [0.3, 0.4) is 0 Å². The average Bonchev–Trinajstić information content (AvgIpc) is 2.75. The van der Waals surface area contributed by atoms with Crippen LogP contribution in [0.25, 0.3) is 11.0 Å². The molecule has 0 fully saturated rings. The predicted molar refractivity (Wildman–Crippen MR) is 82.8 cm³/mol. The summed E-state index contributed by atoms with van der Waals surface area (Å²) in [6.07, 6.45) is 0.714. The van der Waals surface area contributed by atoms with Crippen molar-refractivity contribution in [2.24, 2.45) is 0 Å². The van der Waals surface area contributed by atoms with Gasteiger partial charge in [0.05, 0.1) is 11.0 Å². The first kappa shape index (κ1) is 12.7. The first-order valence-electron chi connectivity index (χ1n) is 6.01. The molecule has 2 nitrogen and oxygen atoms in total. The molecule has 0 radical (unpaired) electrons. The van der Waals surface area contributed by atoms with E-state index < -0.39 is 0 Å². The van der Waals surface area contributed by atoms with Gasteiger partial charge in [-0.2, -0.15) is 0 Å². The lowest BCUT2D eigenvalue weighted by molar-refractivity contribution is 1.04. The number of rotatable bonds is 2. The van der Waals surface area contributed by atoms with Crippen LogP contribution >= 0.6 is 27.5 Å². The molecule has 96 valence electrons. The van der Waals surface area contributed by atoms with Gasteiger partial charge in [-0.05, 0) is 36.2 Å². The molecule has 0 aliphatic rings. The second-order valence-corrected chi connectivity index (χ2v) is 5.89. The van der Waals surface area contributed by atoms with Crippen LogP contribution in [-0.4, -0.2) is 9.97 Å². The molecule has 0 bridgehead atoms. The summed E-state index contributed by atoms with van der Waals surface area (Å²) in [7, 11) is 0. The number of nitrogens with one attached hydrogen (secondary N) is 1. The number of hydrogen-bond acceptors (Lipinski definition) is 1. The Morgan fingerprint density at radius 3 is 2.84 bits per heavy atom. The van der Waals surface area contributed by atoms with E-state index in [2.05, 4.69) is 38.9 Å². The Labute approximate surface area is 124 Å². The maximum Gasteiger partial charge on any atom is 0.111 e. The Hall–Kier alpha value is -1.32. The van der Waals surface area contributed by atoms with E-state index in [1.54, 1.807) is 0 Å². The molecule has 4 heteroatoms. The topological polar surface area (TPSA) is 28.7 Å². The molecule has 0 aliphatic heterocycles. The Kier molecular flexibility index (Phi) is 3.33. The number of benzene rings is 2. The zero-order valence-corrected chi connectivity index (χ0v) is 12.7. The van der Waals surface area contributed by atoms with E-state index in [9.17, 15) is 0 Å². The van der Waals surface area contributed by atoms with Crippen molar-refractivity contribution < 1.29 is 0 Å².